The maximum atomic E-state index is 6.29. The van der Waals surface area contributed by atoms with Gasteiger partial charge in [-0.1, -0.05) is 57.3 Å². The maximum Gasteiger partial charge on any atom is 0.129 e. The Labute approximate surface area is 188 Å². The van der Waals surface area contributed by atoms with Crippen molar-refractivity contribution in [3.8, 4) is 22.6 Å². The van der Waals surface area contributed by atoms with Crippen LogP contribution in [0.2, 0.25) is 10.0 Å². The van der Waals surface area contributed by atoms with Gasteiger partial charge in [-0.25, -0.2) is 0 Å². The number of benzene rings is 4. The molecule has 0 N–H and O–H groups in total. The number of halogens is 3. The van der Waals surface area contributed by atoms with Crippen LogP contribution in [0, 0.1) is 0 Å². The summed E-state index contributed by atoms with van der Waals surface area (Å²) >= 11 is 16.2. The van der Waals surface area contributed by atoms with Crippen LogP contribution < -0.4 is 9.47 Å². The van der Waals surface area contributed by atoms with E-state index in [2.05, 4.69) is 15.9 Å². The van der Waals surface area contributed by atoms with Crippen molar-refractivity contribution < 1.29 is 9.47 Å². The largest absolute Gasteiger partial charge is 0.493 e. The van der Waals surface area contributed by atoms with Gasteiger partial charge in [0.2, 0.25) is 0 Å². The van der Waals surface area contributed by atoms with Crippen molar-refractivity contribution in [3.63, 3.8) is 0 Å². The third-order valence-corrected chi connectivity index (χ3v) is 5.93. The Morgan fingerprint density at radius 3 is 2.03 bits per heavy atom. The van der Waals surface area contributed by atoms with Gasteiger partial charge in [0, 0.05) is 25.6 Å². The Kier molecular flexibility index (Phi) is 5.91. The molecule has 0 bridgehead atoms. The summed E-state index contributed by atoms with van der Waals surface area (Å²) in [5.41, 5.74) is 1.97. The van der Waals surface area contributed by atoms with Crippen molar-refractivity contribution in [2.24, 2.45) is 0 Å². The second-order valence-corrected chi connectivity index (χ2v) is 8.32. The molecule has 0 amide bonds. The molecule has 0 aromatic heterocycles. The molecule has 0 radical (unpaired) electrons. The molecule has 2 nitrogen and oxygen atoms in total. The summed E-state index contributed by atoms with van der Waals surface area (Å²) in [4.78, 5) is 0. The maximum absolute atomic E-state index is 6.29. The molecule has 4 aromatic carbocycles. The van der Waals surface area contributed by atoms with Crippen LogP contribution in [0.15, 0.2) is 59.1 Å². The van der Waals surface area contributed by atoms with Crippen molar-refractivity contribution >= 4 is 60.7 Å². The van der Waals surface area contributed by atoms with Crippen LogP contribution in [0.25, 0.3) is 32.7 Å². The summed E-state index contributed by atoms with van der Waals surface area (Å²) < 4.78 is 13.0. The fourth-order valence-corrected chi connectivity index (χ4v) is 4.56. The van der Waals surface area contributed by atoms with Gasteiger partial charge in [0.25, 0.3) is 0 Å². The van der Waals surface area contributed by atoms with Crippen LogP contribution in [0.4, 0.5) is 0 Å². The first kappa shape index (κ1) is 20.3. The zero-order valence-corrected chi connectivity index (χ0v) is 19.2. The third-order valence-electron chi connectivity index (χ3n) is 4.81. The fourth-order valence-electron chi connectivity index (χ4n) is 3.67. The predicted octanol–water partition coefficient (Wildman–Crippen LogP) is 8.53. The minimum absolute atomic E-state index is 0.555. The van der Waals surface area contributed by atoms with Gasteiger partial charge in [0.15, 0.2) is 0 Å². The van der Waals surface area contributed by atoms with Gasteiger partial charge in [0.05, 0.1) is 13.2 Å². The van der Waals surface area contributed by atoms with Gasteiger partial charge in [-0.2, -0.15) is 0 Å². The summed E-state index contributed by atoms with van der Waals surface area (Å²) in [6, 6.07) is 17.8. The number of fused-ring (bicyclic) bond motifs is 2. The second-order valence-electron chi connectivity index (χ2n) is 6.59. The van der Waals surface area contributed by atoms with Gasteiger partial charge >= 0.3 is 0 Å². The van der Waals surface area contributed by atoms with Gasteiger partial charge in [-0.15, -0.1) is 0 Å². The lowest BCUT2D eigenvalue weighted by molar-refractivity contribution is 0.337. The number of ether oxygens (including phenoxy) is 2. The van der Waals surface area contributed by atoms with Gasteiger partial charge in [-0.05, 0) is 71.8 Å². The van der Waals surface area contributed by atoms with Crippen molar-refractivity contribution in [2.75, 3.05) is 13.2 Å². The molecule has 0 saturated heterocycles. The van der Waals surface area contributed by atoms with E-state index < -0.39 is 0 Å². The lowest BCUT2D eigenvalue weighted by atomic mass is 9.92. The molecule has 0 aliphatic carbocycles. The molecule has 0 saturated carbocycles. The molecule has 0 atom stereocenters. The van der Waals surface area contributed by atoms with Gasteiger partial charge in [0.1, 0.15) is 11.5 Å². The highest BCUT2D eigenvalue weighted by Crippen LogP contribution is 2.48. The molecular formula is C24H19BrCl2O2. The van der Waals surface area contributed by atoms with Gasteiger partial charge < -0.3 is 9.47 Å². The molecule has 148 valence electrons. The summed E-state index contributed by atoms with van der Waals surface area (Å²) in [5.74, 6) is 1.60. The molecule has 0 aliphatic heterocycles. The number of hydrogen-bond acceptors (Lipinski definition) is 2. The van der Waals surface area contributed by atoms with Crippen molar-refractivity contribution in [1.82, 2.24) is 0 Å². The molecule has 0 heterocycles. The van der Waals surface area contributed by atoms with Crippen molar-refractivity contribution in [1.29, 1.82) is 0 Å². The highest BCUT2D eigenvalue weighted by molar-refractivity contribution is 9.10. The molecule has 0 fully saturated rings. The van der Waals surface area contributed by atoms with E-state index in [1.165, 1.54) is 0 Å². The van der Waals surface area contributed by atoms with Crippen LogP contribution in [0.1, 0.15) is 13.8 Å². The Hall–Kier alpha value is -1.94. The summed E-state index contributed by atoms with van der Waals surface area (Å²) in [6.45, 7) is 5.09. The Morgan fingerprint density at radius 1 is 0.690 bits per heavy atom. The minimum atomic E-state index is 0.555. The molecule has 0 unspecified atom stereocenters. The lowest BCUT2D eigenvalue weighted by Crippen LogP contribution is -1.99. The summed E-state index contributed by atoms with van der Waals surface area (Å²) in [5, 5.41) is 5.54. The van der Waals surface area contributed by atoms with E-state index in [0.29, 0.717) is 23.3 Å². The second kappa shape index (κ2) is 8.43. The standard InChI is InChI=1S/C24H19BrCl2O2/c1-3-28-21-10-5-14-11-15(26)6-8-17(14)23(21)24-18-9-7-16(27)12-19(18)20(25)13-22(24)29-4-2/h5-13H,3-4H2,1-2H3. The zero-order valence-electron chi connectivity index (χ0n) is 16.1. The van der Waals surface area contributed by atoms with Crippen LogP contribution in [0.3, 0.4) is 0 Å². The normalized spacial score (nSPS) is 11.2. The van der Waals surface area contributed by atoms with E-state index in [1.54, 1.807) is 0 Å². The number of hydrogen-bond donors (Lipinski definition) is 0. The zero-order chi connectivity index (χ0) is 20.5. The summed E-state index contributed by atoms with van der Waals surface area (Å²) in [6.07, 6.45) is 0. The first-order valence-corrected chi connectivity index (χ1v) is 11.0. The molecule has 0 aliphatic rings. The van der Waals surface area contributed by atoms with E-state index in [4.69, 9.17) is 32.7 Å². The quantitative estimate of drug-likeness (QED) is 0.279. The molecule has 0 spiro atoms. The van der Waals surface area contributed by atoms with E-state index in [-0.39, 0.29) is 0 Å². The number of rotatable bonds is 5. The summed E-state index contributed by atoms with van der Waals surface area (Å²) in [7, 11) is 0. The smallest absolute Gasteiger partial charge is 0.129 e. The van der Waals surface area contributed by atoms with E-state index in [0.717, 1.165) is 48.6 Å². The van der Waals surface area contributed by atoms with Crippen LogP contribution in [-0.4, -0.2) is 13.2 Å². The molecular weight excluding hydrogens is 471 g/mol. The highest BCUT2D eigenvalue weighted by Gasteiger charge is 2.20. The van der Waals surface area contributed by atoms with Crippen LogP contribution >= 0.6 is 39.1 Å². The van der Waals surface area contributed by atoms with Crippen LogP contribution in [-0.2, 0) is 0 Å². The van der Waals surface area contributed by atoms with Crippen molar-refractivity contribution in [2.45, 2.75) is 13.8 Å². The first-order chi connectivity index (χ1) is 14.0. The average Bonchev–Trinajstić information content (AvgIpc) is 2.70. The first-order valence-electron chi connectivity index (χ1n) is 9.43. The minimum Gasteiger partial charge on any atom is -0.493 e. The van der Waals surface area contributed by atoms with Crippen molar-refractivity contribution in [3.05, 3.63) is 69.1 Å². The third kappa shape index (κ3) is 3.79. The predicted molar refractivity (Wildman–Crippen MR) is 127 cm³/mol. The lowest BCUT2D eigenvalue weighted by Gasteiger charge is -2.20. The van der Waals surface area contributed by atoms with Gasteiger partial charge in [-0.3, -0.25) is 0 Å². The molecule has 4 aromatic rings. The Bertz CT molecular complexity index is 1220. The van der Waals surface area contributed by atoms with E-state index in [9.17, 15) is 0 Å². The molecule has 29 heavy (non-hydrogen) atoms. The Balaban J connectivity index is 2.18. The molecule has 4 rings (SSSR count). The SMILES string of the molecule is CCOc1ccc2cc(Cl)ccc2c1-c1c(OCC)cc(Br)c2cc(Cl)ccc12. The fraction of sp³-hybridized carbons (Fsp3) is 0.167. The topological polar surface area (TPSA) is 18.5 Å². The Morgan fingerprint density at radius 2 is 1.31 bits per heavy atom. The average molecular weight is 490 g/mol. The van der Waals surface area contributed by atoms with E-state index >= 15 is 0 Å². The van der Waals surface area contributed by atoms with E-state index in [1.807, 2.05) is 68.4 Å². The monoisotopic (exact) mass is 488 g/mol. The van der Waals surface area contributed by atoms with Crippen LogP contribution in [0.5, 0.6) is 11.5 Å². The molecule has 5 heteroatoms. The highest BCUT2D eigenvalue weighted by atomic mass is 79.9.